The number of nitrogens with one attached hydrogen (secondary N) is 1. The van der Waals surface area contributed by atoms with Crippen molar-refractivity contribution in [2.75, 3.05) is 11.5 Å². The summed E-state index contributed by atoms with van der Waals surface area (Å²) in [5.41, 5.74) is 2.93. The van der Waals surface area contributed by atoms with Gasteiger partial charge in [-0.3, -0.25) is 14.9 Å². The van der Waals surface area contributed by atoms with Crippen LogP contribution in [-0.4, -0.2) is 24.5 Å². The second-order valence-electron chi connectivity index (χ2n) is 6.52. The lowest BCUT2D eigenvalue weighted by molar-refractivity contribution is -0.122. The Hall–Kier alpha value is -2.94. The minimum absolute atomic E-state index is 0.113. The van der Waals surface area contributed by atoms with Crippen molar-refractivity contribution >= 4 is 52.2 Å². The van der Waals surface area contributed by atoms with Crippen molar-refractivity contribution in [1.29, 1.82) is 0 Å². The maximum atomic E-state index is 13.0. The van der Waals surface area contributed by atoms with Gasteiger partial charge in [0.05, 0.1) is 9.26 Å². The number of hydrogen-bond acceptors (Lipinski definition) is 4. The lowest BCUT2D eigenvalue weighted by atomic mass is 10.1. The predicted molar refractivity (Wildman–Crippen MR) is 120 cm³/mol. The maximum absolute atomic E-state index is 13.0. The van der Waals surface area contributed by atoms with Crippen molar-refractivity contribution in [2.24, 2.45) is 0 Å². The third-order valence-electron chi connectivity index (χ3n) is 4.47. The Labute approximate surface area is 182 Å². The SMILES string of the molecule is C=CCOc1ccc(/C=C2\C(=O)NC(=O)N(c3ccc(C)c(C)c3)C2=O)cc1I. The van der Waals surface area contributed by atoms with Crippen LogP contribution in [0, 0.1) is 17.4 Å². The number of aryl methyl sites for hydroxylation is 2. The molecule has 1 aliphatic rings. The van der Waals surface area contributed by atoms with E-state index in [0.717, 1.165) is 19.6 Å². The predicted octanol–water partition coefficient (Wildman–Crippen LogP) is 4.14. The molecule has 0 atom stereocenters. The molecule has 1 saturated heterocycles. The fourth-order valence-electron chi connectivity index (χ4n) is 2.80. The fourth-order valence-corrected chi connectivity index (χ4v) is 3.49. The Morgan fingerprint density at radius 2 is 1.86 bits per heavy atom. The van der Waals surface area contributed by atoms with Crippen molar-refractivity contribution < 1.29 is 19.1 Å². The summed E-state index contributed by atoms with van der Waals surface area (Å²) in [6.07, 6.45) is 3.12. The first-order chi connectivity index (χ1) is 13.8. The normalized spacial score (nSPS) is 15.5. The molecular formula is C22H19IN2O4. The maximum Gasteiger partial charge on any atom is 0.335 e. The van der Waals surface area contributed by atoms with Crippen LogP contribution in [-0.2, 0) is 9.59 Å². The van der Waals surface area contributed by atoms with Crippen LogP contribution in [0.4, 0.5) is 10.5 Å². The van der Waals surface area contributed by atoms with Crippen LogP contribution in [0.2, 0.25) is 0 Å². The molecule has 4 amide bonds. The average Bonchev–Trinajstić information content (AvgIpc) is 2.67. The Morgan fingerprint density at radius 1 is 1.10 bits per heavy atom. The molecule has 29 heavy (non-hydrogen) atoms. The van der Waals surface area contributed by atoms with Crippen LogP contribution in [0.5, 0.6) is 5.75 Å². The van der Waals surface area contributed by atoms with Crippen molar-refractivity contribution in [3.8, 4) is 5.75 Å². The molecule has 7 heteroatoms. The number of benzene rings is 2. The third kappa shape index (κ3) is 4.40. The van der Waals surface area contributed by atoms with Gasteiger partial charge in [-0.05, 0) is 83.5 Å². The lowest BCUT2D eigenvalue weighted by Crippen LogP contribution is -2.54. The summed E-state index contributed by atoms with van der Waals surface area (Å²) in [5, 5.41) is 2.24. The van der Waals surface area contributed by atoms with Gasteiger partial charge in [-0.15, -0.1) is 0 Å². The zero-order valence-electron chi connectivity index (χ0n) is 16.0. The first-order valence-electron chi connectivity index (χ1n) is 8.83. The van der Waals surface area contributed by atoms with Crippen molar-refractivity contribution in [2.45, 2.75) is 13.8 Å². The number of anilines is 1. The van der Waals surface area contributed by atoms with Crippen LogP contribution < -0.4 is 15.0 Å². The third-order valence-corrected chi connectivity index (χ3v) is 5.32. The second kappa shape index (κ2) is 8.60. The molecule has 6 nitrogen and oxygen atoms in total. The molecule has 0 aromatic heterocycles. The minimum Gasteiger partial charge on any atom is -0.488 e. The van der Waals surface area contributed by atoms with Crippen molar-refractivity contribution in [3.63, 3.8) is 0 Å². The molecule has 0 radical (unpaired) electrons. The number of imide groups is 2. The smallest absolute Gasteiger partial charge is 0.335 e. The molecule has 0 bridgehead atoms. The van der Waals surface area contributed by atoms with Crippen LogP contribution in [0.25, 0.3) is 6.08 Å². The molecule has 0 saturated carbocycles. The number of hydrogen-bond donors (Lipinski definition) is 1. The van der Waals surface area contributed by atoms with E-state index in [0.29, 0.717) is 23.6 Å². The van der Waals surface area contributed by atoms with E-state index in [1.165, 1.54) is 6.08 Å². The van der Waals surface area contributed by atoms with Gasteiger partial charge in [-0.25, -0.2) is 9.69 Å². The van der Waals surface area contributed by atoms with Gasteiger partial charge in [0, 0.05) is 0 Å². The Balaban J connectivity index is 1.96. The Kier molecular flexibility index (Phi) is 6.17. The first kappa shape index (κ1) is 20.8. The number of amides is 4. The zero-order valence-corrected chi connectivity index (χ0v) is 18.1. The summed E-state index contributed by atoms with van der Waals surface area (Å²) in [7, 11) is 0. The molecule has 0 aliphatic carbocycles. The Bertz CT molecular complexity index is 1060. The summed E-state index contributed by atoms with van der Waals surface area (Å²) < 4.78 is 6.36. The van der Waals surface area contributed by atoms with Gasteiger partial charge in [0.2, 0.25) is 0 Å². The van der Waals surface area contributed by atoms with E-state index in [9.17, 15) is 14.4 Å². The van der Waals surface area contributed by atoms with Gasteiger partial charge in [-0.2, -0.15) is 0 Å². The molecule has 1 N–H and O–H groups in total. The molecule has 1 fully saturated rings. The highest BCUT2D eigenvalue weighted by Crippen LogP contribution is 2.26. The monoisotopic (exact) mass is 502 g/mol. The molecule has 2 aromatic rings. The number of carbonyl (C=O) groups excluding carboxylic acids is 3. The topological polar surface area (TPSA) is 75.7 Å². The minimum atomic E-state index is -0.761. The van der Waals surface area contributed by atoms with Gasteiger partial charge >= 0.3 is 6.03 Å². The molecule has 1 aliphatic heterocycles. The highest BCUT2D eigenvalue weighted by Gasteiger charge is 2.36. The van der Waals surface area contributed by atoms with E-state index in [2.05, 4.69) is 34.5 Å². The molecule has 2 aromatic carbocycles. The quantitative estimate of drug-likeness (QED) is 0.289. The van der Waals surface area contributed by atoms with Gasteiger partial charge < -0.3 is 4.74 Å². The van der Waals surface area contributed by atoms with E-state index >= 15 is 0 Å². The fraction of sp³-hybridized carbons (Fsp3) is 0.136. The lowest BCUT2D eigenvalue weighted by Gasteiger charge is -2.26. The van der Waals surface area contributed by atoms with Crippen LogP contribution in [0.3, 0.4) is 0 Å². The van der Waals surface area contributed by atoms with Gasteiger partial charge in [0.15, 0.2) is 0 Å². The number of halogens is 1. The molecule has 0 spiro atoms. The van der Waals surface area contributed by atoms with Crippen molar-refractivity contribution in [3.05, 3.63) is 74.9 Å². The van der Waals surface area contributed by atoms with E-state index in [1.807, 2.05) is 19.9 Å². The zero-order chi connectivity index (χ0) is 21.1. The molecule has 148 valence electrons. The van der Waals surface area contributed by atoms with Crippen LogP contribution in [0.15, 0.2) is 54.6 Å². The van der Waals surface area contributed by atoms with E-state index < -0.39 is 17.8 Å². The summed E-state index contributed by atoms with van der Waals surface area (Å²) in [6, 6.07) is 9.79. The van der Waals surface area contributed by atoms with Gasteiger partial charge in [-0.1, -0.05) is 24.8 Å². The molecule has 1 heterocycles. The van der Waals surface area contributed by atoms with E-state index in [4.69, 9.17) is 4.74 Å². The van der Waals surface area contributed by atoms with Crippen LogP contribution in [0.1, 0.15) is 16.7 Å². The number of barbiturate groups is 1. The second-order valence-corrected chi connectivity index (χ2v) is 7.68. The standard InChI is InChI=1S/C22H19IN2O4/c1-4-9-29-19-8-6-15(12-18(19)23)11-17-20(26)24-22(28)25(21(17)27)16-7-5-13(2)14(3)10-16/h4-8,10-12H,1,9H2,2-3H3,(H,24,26,28)/b17-11+. The molecule has 3 rings (SSSR count). The highest BCUT2D eigenvalue weighted by molar-refractivity contribution is 14.1. The first-order valence-corrected chi connectivity index (χ1v) is 9.91. The molecule has 0 unspecified atom stereocenters. The number of nitrogens with zero attached hydrogens (tertiary/aromatic N) is 1. The number of urea groups is 1. The Morgan fingerprint density at radius 3 is 2.52 bits per heavy atom. The average molecular weight is 502 g/mol. The van der Waals surface area contributed by atoms with Crippen LogP contribution >= 0.6 is 22.6 Å². The number of rotatable bonds is 5. The van der Waals surface area contributed by atoms with Gasteiger partial charge in [0.25, 0.3) is 11.8 Å². The largest absolute Gasteiger partial charge is 0.488 e. The van der Waals surface area contributed by atoms with E-state index in [-0.39, 0.29) is 5.57 Å². The van der Waals surface area contributed by atoms with Gasteiger partial charge in [0.1, 0.15) is 17.9 Å². The number of carbonyl (C=O) groups is 3. The molecular weight excluding hydrogens is 483 g/mol. The number of ether oxygens (including phenoxy) is 1. The highest BCUT2D eigenvalue weighted by atomic mass is 127. The van der Waals surface area contributed by atoms with E-state index in [1.54, 1.807) is 36.4 Å². The summed E-state index contributed by atoms with van der Waals surface area (Å²) >= 11 is 2.12. The summed E-state index contributed by atoms with van der Waals surface area (Å²) in [6.45, 7) is 7.83. The summed E-state index contributed by atoms with van der Waals surface area (Å²) in [4.78, 5) is 38.6. The van der Waals surface area contributed by atoms with Crippen molar-refractivity contribution in [1.82, 2.24) is 5.32 Å². The summed E-state index contributed by atoms with van der Waals surface area (Å²) in [5.74, 6) is -0.704.